The average molecular weight is 329 g/mol. The van der Waals surface area contributed by atoms with Crippen LogP contribution in [-0.2, 0) is 6.42 Å². The van der Waals surface area contributed by atoms with Crippen molar-refractivity contribution < 1.29 is 0 Å². The molecule has 0 bridgehead atoms. The molecule has 0 amide bonds. The van der Waals surface area contributed by atoms with E-state index in [0.717, 1.165) is 17.8 Å². The molecule has 0 aliphatic rings. The highest BCUT2D eigenvalue weighted by Crippen LogP contribution is 2.18. The van der Waals surface area contributed by atoms with Gasteiger partial charge in [0.25, 0.3) is 0 Å². The Labute approximate surface area is 152 Å². The van der Waals surface area contributed by atoms with Crippen molar-refractivity contribution >= 4 is 0 Å². The molecule has 0 heterocycles. The standard InChI is InChI=1S/C24H27N/c1-4-12-21(3)25-24(18-11-15-22-13-7-5-8-14-22)19-20(2)23-16-9-6-10-17-23/h4-14,16-20,25H,1,15H2,2-3H3/b18-11-,21-12+,24-19+/t20-/m1/s1. The first-order chi connectivity index (χ1) is 12.2. The van der Waals surface area contributed by atoms with Gasteiger partial charge in [0.15, 0.2) is 0 Å². The Balaban J connectivity index is 2.15. The fraction of sp³-hybridized carbons (Fsp3) is 0.167. The Morgan fingerprint density at radius 3 is 2.32 bits per heavy atom. The normalized spacial score (nSPS) is 13.7. The minimum Gasteiger partial charge on any atom is -0.359 e. The first-order valence-corrected chi connectivity index (χ1v) is 8.72. The summed E-state index contributed by atoms with van der Waals surface area (Å²) in [6, 6.07) is 21.0. The molecule has 2 rings (SSSR count). The van der Waals surface area contributed by atoms with E-state index in [4.69, 9.17) is 0 Å². The van der Waals surface area contributed by atoms with Gasteiger partial charge >= 0.3 is 0 Å². The van der Waals surface area contributed by atoms with E-state index in [2.05, 4.69) is 91.6 Å². The predicted octanol–water partition coefficient (Wildman–Crippen LogP) is 6.15. The summed E-state index contributed by atoms with van der Waals surface area (Å²) < 4.78 is 0. The minimum absolute atomic E-state index is 0.335. The van der Waals surface area contributed by atoms with Gasteiger partial charge in [0.1, 0.15) is 0 Å². The van der Waals surface area contributed by atoms with Gasteiger partial charge in [0, 0.05) is 17.3 Å². The lowest BCUT2D eigenvalue weighted by molar-refractivity contribution is 0.914. The first-order valence-electron chi connectivity index (χ1n) is 8.72. The first kappa shape index (κ1) is 18.5. The monoisotopic (exact) mass is 329 g/mol. The fourth-order valence-electron chi connectivity index (χ4n) is 2.64. The van der Waals surface area contributed by atoms with Gasteiger partial charge in [0.2, 0.25) is 0 Å². The third-order valence-electron chi connectivity index (χ3n) is 3.96. The molecule has 0 radical (unpaired) electrons. The number of hydrogen-bond donors (Lipinski definition) is 1. The molecule has 1 atom stereocenters. The van der Waals surface area contributed by atoms with Crippen molar-refractivity contribution in [3.63, 3.8) is 0 Å². The zero-order valence-corrected chi connectivity index (χ0v) is 15.2. The van der Waals surface area contributed by atoms with Crippen LogP contribution in [0.5, 0.6) is 0 Å². The quantitative estimate of drug-likeness (QED) is 0.573. The predicted molar refractivity (Wildman–Crippen MR) is 109 cm³/mol. The molecule has 128 valence electrons. The van der Waals surface area contributed by atoms with Gasteiger partial charge in [-0.3, -0.25) is 0 Å². The molecule has 1 N–H and O–H groups in total. The van der Waals surface area contributed by atoms with Crippen LogP contribution >= 0.6 is 0 Å². The van der Waals surface area contributed by atoms with E-state index in [1.807, 2.05) is 19.1 Å². The van der Waals surface area contributed by atoms with Gasteiger partial charge in [-0.05, 0) is 36.6 Å². The van der Waals surface area contributed by atoms with Gasteiger partial charge in [-0.15, -0.1) is 0 Å². The maximum atomic E-state index is 3.76. The molecule has 0 spiro atoms. The van der Waals surface area contributed by atoms with Crippen molar-refractivity contribution in [2.45, 2.75) is 26.2 Å². The molecule has 0 aromatic heterocycles. The van der Waals surface area contributed by atoms with Gasteiger partial charge in [-0.2, -0.15) is 0 Å². The van der Waals surface area contributed by atoms with Crippen molar-refractivity contribution in [3.05, 3.63) is 120 Å². The maximum Gasteiger partial charge on any atom is 0.0344 e. The van der Waals surface area contributed by atoms with Crippen LogP contribution in [0.2, 0.25) is 0 Å². The fourth-order valence-corrected chi connectivity index (χ4v) is 2.64. The second kappa shape index (κ2) is 10.1. The third kappa shape index (κ3) is 6.68. The summed E-state index contributed by atoms with van der Waals surface area (Å²) in [6.07, 6.45) is 11.3. The smallest absolute Gasteiger partial charge is 0.0344 e. The van der Waals surface area contributed by atoms with Gasteiger partial charge in [-0.25, -0.2) is 0 Å². The highest BCUT2D eigenvalue weighted by molar-refractivity contribution is 5.30. The van der Waals surface area contributed by atoms with Crippen LogP contribution in [0, 0.1) is 0 Å². The van der Waals surface area contributed by atoms with Crippen molar-refractivity contribution in [1.29, 1.82) is 0 Å². The molecule has 25 heavy (non-hydrogen) atoms. The lowest BCUT2D eigenvalue weighted by Crippen LogP contribution is -2.10. The Hall–Kier alpha value is -2.80. The van der Waals surface area contributed by atoms with Gasteiger partial charge < -0.3 is 5.32 Å². The van der Waals surface area contributed by atoms with Crippen molar-refractivity contribution in [2.24, 2.45) is 0 Å². The molecule has 0 fully saturated rings. The van der Waals surface area contributed by atoms with E-state index < -0.39 is 0 Å². The molecular weight excluding hydrogens is 302 g/mol. The molecule has 0 aliphatic carbocycles. The summed E-state index contributed by atoms with van der Waals surface area (Å²) in [4.78, 5) is 0. The van der Waals surface area contributed by atoms with E-state index in [0.29, 0.717) is 5.92 Å². The molecule has 1 heteroatoms. The molecule has 0 unspecified atom stereocenters. The molecule has 0 saturated carbocycles. The topological polar surface area (TPSA) is 12.0 Å². The zero-order valence-electron chi connectivity index (χ0n) is 15.2. The molecular formula is C24H27N. The van der Waals surface area contributed by atoms with Crippen LogP contribution in [0.3, 0.4) is 0 Å². The summed E-state index contributed by atoms with van der Waals surface area (Å²) in [5, 5.41) is 3.47. The SMILES string of the molecule is C=C/C=C(\C)NC(/C=C\Cc1ccccc1)=C/[C@@H](C)c1ccccc1. The van der Waals surface area contributed by atoms with Gasteiger partial charge in [-0.1, -0.05) is 92.4 Å². The van der Waals surface area contributed by atoms with Crippen LogP contribution in [-0.4, -0.2) is 0 Å². The van der Waals surface area contributed by atoms with Crippen LogP contribution < -0.4 is 5.32 Å². The molecule has 1 nitrogen and oxygen atoms in total. The Morgan fingerprint density at radius 1 is 1.04 bits per heavy atom. The van der Waals surface area contributed by atoms with Crippen molar-refractivity contribution in [3.8, 4) is 0 Å². The highest BCUT2D eigenvalue weighted by atomic mass is 14.9. The molecule has 0 saturated heterocycles. The van der Waals surface area contributed by atoms with E-state index in [-0.39, 0.29) is 0 Å². The molecule has 0 aliphatic heterocycles. The van der Waals surface area contributed by atoms with Crippen molar-refractivity contribution in [1.82, 2.24) is 5.32 Å². The summed E-state index contributed by atoms with van der Waals surface area (Å²) in [6.45, 7) is 8.03. The number of allylic oxidation sites excluding steroid dienone is 6. The second-order valence-corrected chi connectivity index (χ2v) is 6.12. The Bertz CT molecular complexity index is 736. The van der Waals surface area contributed by atoms with Gasteiger partial charge in [0.05, 0.1) is 0 Å². The number of benzene rings is 2. The number of rotatable bonds is 8. The summed E-state index contributed by atoms with van der Waals surface area (Å²) in [5.41, 5.74) is 4.80. The molecule has 2 aromatic carbocycles. The number of nitrogens with one attached hydrogen (secondary N) is 1. The van der Waals surface area contributed by atoms with Crippen LogP contribution in [0.25, 0.3) is 0 Å². The lowest BCUT2D eigenvalue weighted by Gasteiger charge is -2.12. The Morgan fingerprint density at radius 2 is 1.68 bits per heavy atom. The van der Waals surface area contributed by atoms with Crippen LogP contribution in [0.15, 0.2) is 109 Å². The van der Waals surface area contributed by atoms with Crippen LogP contribution in [0.1, 0.15) is 30.9 Å². The third-order valence-corrected chi connectivity index (χ3v) is 3.96. The van der Waals surface area contributed by atoms with Crippen LogP contribution in [0.4, 0.5) is 0 Å². The second-order valence-electron chi connectivity index (χ2n) is 6.12. The maximum absolute atomic E-state index is 3.76. The largest absolute Gasteiger partial charge is 0.359 e. The zero-order chi connectivity index (χ0) is 17.9. The summed E-state index contributed by atoms with van der Waals surface area (Å²) in [7, 11) is 0. The van der Waals surface area contributed by atoms with E-state index >= 15 is 0 Å². The van der Waals surface area contributed by atoms with Crippen molar-refractivity contribution in [2.75, 3.05) is 0 Å². The minimum atomic E-state index is 0.335. The van der Waals surface area contributed by atoms with E-state index in [1.165, 1.54) is 11.1 Å². The van der Waals surface area contributed by atoms with E-state index in [1.54, 1.807) is 6.08 Å². The molecule has 2 aromatic rings. The average Bonchev–Trinajstić information content (AvgIpc) is 2.63. The lowest BCUT2D eigenvalue weighted by atomic mass is 10.00. The van der Waals surface area contributed by atoms with E-state index in [9.17, 15) is 0 Å². The summed E-state index contributed by atoms with van der Waals surface area (Å²) in [5.74, 6) is 0.335. The highest BCUT2D eigenvalue weighted by Gasteiger charge is 2.03. The Kier molecular flexibility index (Phi) is 7.52. The summed E-state index contributed by atoms with van der Waals surface area (Å²) >= 11 is 0. The number of hydrogen-bond acceptors (Lipinski definition) is 1.